The first kappa shape index (κ1) is 14.8. The molecule has 0 saturated carbocycles. The minimum atomic E-state index is -0.0469. The summed E-state index contributed by atoms with van der Waals surface area (Å²) in [7, 11) is 1.62. The lowest BCUT2D eigenvalue weighted by molar-refractivity contribution is 0.0952. The molecule has 1 aliphatic rings. The number of hydrogen-bond acceptors (Lipinski definition) is 4. The number of nitrogens with zero attached hydrogens (tertiary/aromatic N) is 1. The summed E-state index contributed by atoms with van der Waals surface area (Å²) in [5, 5.41) is 7.26. The highest BCUT2D eigenvalue weighted by atomic mass is 16.5. The Balaban J connectivity index is 1.86. The molecule has 1 aliphatic heterocycles. The number of pyridine rings is 1. The largest absolute Gasteiger partial charge is 0.497 e. The summed E-state index contributed by atoms with van der Waals surface area (Å²) in [5.41, 5.74) is 2.27. The Labute approximate surface area is 130 Å². The zero-order chi connectivity index (χ0) is 15.5. The second-order valence-corrected chi connectivity index (χ2v) is 5.70. The van der Waals surface area contributed by atoms with Crippen LogP contribution >= 0.6 is 0 Å². The Morgan fingerprint density at radius 3 is 3.05 bits per heavy atom. The Bertz CT molecular complexity index is 694. The minimum Gasteiger partial charge on any atom is -0.497 e. The lowest BCUT2D eigenvalue weighted by atomic mass is 10.1. The van der Waals surface area contributed by atoms with Crippen LogP contribution < -0.4 is 15.4 Å². The maximum atomic E-state index is 12.5. The van der Waals surface area contributed by atoms with Gasteiger partial charge >= 0.3 is 0 Å². The maximum absolute atomic E-state index is 12.5. The van der Waals surface area contributed by atoms with Gasteiger partial charge in [0.05, 0.1) is 18.2 Å². The van der Waals surface area contributed by atoms with Crippen LogP contribution in [0.1, 0.15) is 28.9 Å². The van der Waals surface area contributed by atoms with E-state index >= 15 is 0 Å². The molecule has 1 saturated heterocycles. The molecule has 0 aliphatic carbocycles. The fourth-order valence-electron chi connectivity index (χ4n) is 2.90. The molecular weight excluding hydrogens is 278 g/mol. The van der Waals surface area contributed by atoms with Crippen LogP contribution in [0.3, 0.4) is 0 Å². The van der Waals surface area contributed by atoms with Gasteiger partial charge in [-0.25, -0.2) is 0 Å². The normalized spacial score (nSPS) is 17.6. The number of carbonyl (C=O) groups excluding carboxylic acids is 1. The monoisotopic (exact) mass is 299 g/mol. The molecule has 1 amide bonds. The van der Waals surface area contributed by atoms with Gasteiger partial charge in [-0.1, -0.05) is 0 Å². The van der Waals surface area contributed by atoms with Crippen molar-refractivity contribution in [2.45, 2.75) is 25.8 Å². The van der Waals surface area contributed by atoms with Gasteiger partial charge in [0, 0.05) is 29.7 Å². The quantitative estimate of drug-likeness (QED) is 0.907. The van der Waals surface area contributed by atoms with E-state index in [1.807, 2.05) is 31.2 Å². The first-order valence-corrected chi connectivity index (χ1v) is 7.64. The molecule has 5 heteroatoms. The van der Waals surface area contributed by atoms with Gasteiger partial charge in [-0.3, -0.25) is 9.78 Å². The zero-order valence-electron chi connectivity index (χ0n) is 13.0. The molecule has 116 valence electrons. The van der Waals surface area contributed by atoms with Crippen molar-refractivity contribution in [1.29, 1.82) is 0 Å². The number of rotatable bonds is 4. The van der Waals surface area contributed by atoms with Gasteiger partial charge in [-0.05, 0) is 44.5 Å². The van der Waals surface area contributed by atoms with Crippen LogP contribution in [0, 0.1) is 6.92 Å². The third-order valence-corrected chi connectivity index (χ3v) is 4.06. The lowest BCUT2D eigenvalue weighted by Crippen LogP contribution is -2.37. The first-order valence-electron chi connectivity index (χ1n) is 7.64. The van der Waals surface area contributed by atoms with E-state index in [1.165, 1.54) is 6.42 Å². The van der Waals surface area contributed by atoms with Crippen molar-refractivity contribution < 1.29 is 9.53 Å². The summed E-state index contributed by atoms with van der Waals surface area (Å²) in [6.07, 6.45) is 2.30. The molecule has 2 N–H and O–H groups in total. The summed E-state index contributed by atoms with van der Waals surface area (Å²) < 4.78 is 5.23. The molecule has 2 heterocycles. The van der Waals surface area contributed by atoms with E-state index in [-0.39, 0.29) is 5.91 Å². The van der Waals surface area contributed by atoms with Crippen molar-refractivity contribution in [2.24, 2.45) is 0 Å². The smallest absolute Gasteiger partial charge is 0.252 e. The van der Waals surface area contributed by atoms with Crippen molar-refractivity contribution >= 4 is 16.8 Å². The van der Waals surface area contributed by atoms with E-state index < -0.39 is 0 Å². The summed E-state index contributed by atoms with van der Waals surface area (Å²) in [6, 6.07) is 7.83. The number of aryl methyl sites for hydroxylation is 1. The van der Waals surface area contributed by atoms with Crippen LogP contribution in [0.5, 0.6) is 5.75 Å². The van der Waals surface area contributed by atoms with Gasteiger partial charge in [0.2, 0.25) is 0 Å². The van der Waals surface area contributed by atoms with Crippen molar-refractivity contribution in [1.82, 2.24) is 15.6 Å². The van der Waals surface area contributed by atoms with Gasteiger partial charge in [0.15, 0.2) is 0 Å². The molecule has 0 radical (unpaired) electrons. The zero-order valence-corrected chi connectivity index (χ0v) is 13.0. The average molecular weight is 299 g/mol. The lowest BCUT2D eigenvalue weighted by Gasteiger charge is -2.13. The summed E-state index contributed by atoms with van der Waals surface area (Å²) in [5.74, 6) is 0.696. The van der Waals surface area contributed by atoms with Crippen LogP contribution in [0.25, 0.3) is 10.9 Å². The molecule has 1 atom stereocenters. The Morgan fingerprint density at radius 1 is 1.45 bits per heavy atom. The third kappa shape index (κ3) is 3.04. The molecule has 5 nitrogen and oxygen atoms in total. The minimum absolute atomic E-state index is 0.0469. The molecule has 1 aromatic carbocycles. The highest BCUT2D eigenvalue weighted by Gasteiger charge is 2.17. The van der Waals surface area contributed by atoms with E-state index in [9.17, 15) is 4.79 Å². The van der Waals surface area contributed by atoms with Crippen LogP contribution in [0.15, 0.2) is 24.3 Å². The molecule has 3 rings (SSSR count). The summed E-state index contributed by atoms with van der Waals surface area (Å²) >= 11 is 0. The molecule has 1 fully saturated rings. The first-order chi connectivity index (χ1) is 10.7. The number of aromatic nitrogens is 1. The summed E-state index contributed by atoms with van der Waals surface area (Å²) in [6.45, 7) is 3.60. The van der Waals surface area contributed by atoms with Gasteiger partial charge in [0.25, 0.3) is 5.91 Å². The second-order valence-electron chi connectivity index (χ2n) is 5.70. The number of ether oxygens (including phenoxy) is 1. The van der Waals surface area contributed by atoms with E-state index in [2.05, 4.69) is 15.6 Å². The number of amides is 1. The SMILES string of the molecule is COc1ccc2c(C(=O)NC[C@@H]3CCCN3)cc(C)nc2c1. The van der Waals surface area contributed by atoms with Crippen LogP contribution in [-0.2, 0) is 0 Å². The Kier molecular flexibility index (Phi) is 4.24. The summed E-state index contributed by atoms with van der Waals surface area (Å²) in [4.78, 5) is 17.0. The van der Waals surface area contributed by atoms with Crippen molar-refractivity contribution in [3.63, 3.8) is 0 Å². The molecule has 0 unspecified atom stereocenters. The molecule has 1 aromatic heterocycles. The van der Waals surface area contributed by atoms with Crippen molar-refractivity contribution in [2.75, 3.05) is 20.2 Å². The second kappa shape index (κ2) is 6.32. The van der Waals surface area contributed by atoms with E-state index in [4.69, 9.17) is 4.74 Å². The molecular formula is C17H21N3O2. The van der Waals surface area contributed by atoms with Crippen molar-refractivity contribution in [3.05, 3.63) is 35.5 Å². The van der Waals surface area contributed by atoms with Crippen LogP contribution in [0.4, 0.5) is 0 Å². The molecule has 2 aromatic rings. The number of benzene rings is 1. The fourth-order valence-corrected chi connectivity index (χ4v) is 2.90. The topological polar surface area (TPSA) is 63.2 Å². The Morgan fingerprint density at radius 2 is 2.32 bits per heavy atom. The Hall–Kier alpha value is -2.14. The number of methoxy groups -OCH3 is 1. The van der Waals surface area contributed by atoms with E-state index in [0.29, 0.717) is 18.2 Å². The molecule has 0 spiro atoms. The predicted molar refractivity (Wildman–Crippen MR) is 86.4 cm³/mol. The van der Waals surface area contributed by atoms with Crippen molar-refractivity contribution in [3.8, 4) is 5.75 Å². The van der Waals surface area contributed by atoms with E-state index in [0.717, 1.165) is 35.3 Å². The average Bonchev–Trinajstić information content (AvgIpc) is 3.04. The van der Waals surface area contributed by atoms with Gasteiger partial charge in [-0.15, -0.1) is 0 Å². The van der Waals surface area contributed by atoms with Gasteiger partial charge < -0.3 is 15.4 Å². The van der Waals surface area contributed by atoms with E-state index in [1.54, 1.807) is 7.11 Å². The number of fused-ring (bicyclic) bond motifs is 1. The molecule has 22 heavy (non-hydrogen) atoms. The molecule has 0 bridgehead atoms. The fraction of sp³-hybridized carbons (Fsp3) is 0.412. The van der Waals surface area contributed by atoms with Gasteiger partial charge in [0.1, 0.15) is 5.75 Å². The highest BCUT2D eigenvalue weighted by Crippen LogP contribution is 2.23. The number of nitrogens with one attached hydrogen (secondary N) is 2. The predicted octanol–water partition coefficient (Wildman–Crippen LogP) is 2.03. The standard InChI is InChI=1S/C17H21N3O2/c1-11-8-15(17(21)19-10-12-4-3-7-18-12)14-6-5-13(22-2)9-16(14)20-11/h5-6,8-9,12,18H,3-4,7,10H2,1-2H3,(H,19,21)/t12-/m0/s1. The maximum Gasteiger partial charge on any atom is 0.252 e. The number of carbonyl (C=O) groups is 1. The number of hydrogen-bond donors (Lipinski definition) is 2. The van der Waals surface area contributed by atoms with Crippen LogP contribution in [0.2, 0.25) is 0 Å². The van der Waals surface area contributed by atoms with Crippen LogP contribution in [-0.4, -0.2) is 37.1 Å². The van der Waals surface area contributed by atoms with Gasteiger partial charge in [-0.2, -0.15) is 0 Å². The highest BCUT2D eigenvalue weighted by molar-refractivity contribution is 6.06. The third-order valence-electron chi connectivity index (χ3n) is 4.06.